The van der Waals surface area contributed by atoms with Gasteiger partial charge in [0.05, 0.1) is 6.10 Å². The van der Waals surface area contributed by atoms with Gasteiger partial charge in [-0.05, 0) is 43.4 Å². The highest BCUT2D eigenvalue weighted by Gasteiger charge is 2.23. The molecular formula is C13H16FNO2S. The lowest BCUT2D eigenvalue weighted by molar-refractivity contribution is 0.0945. The number of hydrogen-bond donors (Lipinski definition) is 3. The van der Waals surface area contributed by atoms with Crippen molar-refractivity contribution in [1.29, 1.82) is 0 Å². The van der Waals surface area contributed by atoms with E-state index in [-0.39, 0.29) is 16.9 Å². The van der Waals surface area contributed by atoms with E-state index in [1.165, 1.54) is 18.2 Å². The molecule has 18 heavy (non-hydrogen) atoms. The van der Waals surface area contributed by atoms with Crippen LogP contribution in [0, 0.1) is 11.7 Å². The van der Waals surface area contributed by atoms with Crippen molar-refractivity contribution in [3.63, 3.8) is 0 Å². The van der Waals surface area contributed by atoms with E-state index in [0.717, 1.165) is 19.3 Å². The number of halogens is 1. The number of thiol groups is 1. The lowest BCUT2D eigenvalue weighted by atomic mass is 10.1. The van der Waals surface area contributed by atoms with Gasteiger partial charge in [-0.1, -0.05) is 0 Å². The van der Waals surface area contributed by atoms with Crippen LogP contribution in [0.15, 0.2) is 23.1 Å². The maximum absolute atomic E-state index is 13.0. The molecule has 0 spiro atoms. The Bertz CT molecular complexity index is 453. The van der Waals surface area contributed by atoms with Crippen LogP contribution in [0.1, 0.15) is 29.6 Å². The van der Waals surface area contributed by atoms with Crippen LogP contribution in [0.2, 0.25) is 0 Å². The second kappa shape index (κ2) is 5.71. The lowest BCUT2D eigenvalue weighted by Gasteiger charge is -2.11. The fourth-order valence-electron chi connectivity index (χ4n) is 2.23. The van der Waals surface area contributed by atoms with Crippen molar-refractivity contribution in [1.82, 2.24) is 5.32 Å². The summed E-state index contributed by atoms with van der Waals surface area (Å²) >= 11 is 3.94. The summed E-state index contributed by atoms with van der Waals surface area (Å²) in [5.74, 6) is -0.333. The van der Waals surface area contributed by atoms with E-state index in [4.69, 9.17) is 0 Å². The fraction of sp³-hybridized carbons (Fsp3) is 0.462. The van der Waals surface area contributed by atoms with Gasteiger partial charge in [0.25, 0.3) is 5.91 Å². The molecule has 2 unspecified atom stereocenters. The van der Waals surface area contributed by atoms with E-state index in [9.17, 15) is 14.3 Å². The van der Waals surface area contributed by atoms with Crippen LogP contribution in [0.3, 0.4) is 0 Å². The van der Waals surface area contributed by atoms with Gasteiger partial charge >= 0.3 is 0 Å². The summed E-state index contributed by atoms with van der Waals surface area (Å²) in [6.45, 7) is 0.551. The van der Waals surface area contributed by atoms with E-state index in [0.29, 0.717) is 18.0 Å². The van der Waals surface area contributed by atoms with E-state index < -0.39 is 5.82 Å². The number of carbonyl (C=O) groups excluding carboxylic acids is 1. The SMILES string of the molecule is O=C(NCC1CCC(O)C1)c1ccc(F)c(S)c1. The zero-order chi connectivity index (χ0) is 13.1. The molecule has 0 heterocycles. The standard InChI is InChI=1S/C13H16FNO2S/c14-11-4-2-9(6-12(11)18)13(17)15-7-8-1-3-10(16)5-8/h2,4,6,8,10,16,18H,1,3,5,7H2,(H,15,17). The number of hydrogen-bond acceptors (Lipinski definition) is 3. The molecule has 0 aromatic heterocycles. The zero-order valence-corrected chi connectivity index (χ0v) is 10.8. The topological polar surface area (TPSA) is 49.3 Å². The smallest absolute Gasteiger partial charge is 0.251 e. The first-order valence-electron chi connectivity index (χ1n) is 6.01. The number of amides is 1. The molecule has 5 heteroatoms. The number of aliphatic hydroxyl groups is 1. The molecule has 1 aliphatic rings. The minimum absolute atomic E-state index is 0.166. The van der Waals surface area contributed by atoms with Crippen molar-refractivity contribution in [3.05, 3.63) is 29.6 Å². The van der Waals surface area contributed by atoms with Gasteiger partial charge in [-0.15, -0.1) is 12.6 Å². The number of aliphatic hydroxyl groups excluding tert-OH is 1. The Morgan fingerprint density at radius 3 is 2.89 bits per heavy atom. The van der Waals surface area contributed by atoms with Crippen molar-refractivity contribution in [2.45, 2.75) is 30.3 Å². The summed E-state index contributed by atoms with van der Waals surface area (Å²) in [7, 11) is 0. The fourth-order valence-corrected chi connectivity index (χ4v) is 2.44. The molecule has 1 aromatic rings. The molecule has 1 saturated carbocycles. The summed E-state index contributed by atoms with van der Waals surface area (Å²) in [6.07, 6.45) is 2.24. The van der Waals surface area contributed by atoms with Crippen LogP contribution in [-0.4, -0.2) is 23.7 Å². The quantitative estimate of drug-likeness (QED) is 0.735. The van der Waals surface area contributed by atoms with Crippen molar-refractivity contribution in [3.8, 4) is 0 Å². The first-order valence-corrected chi connectivity index (χ1v) is 6.45. The molecule has 2 atom stereocenters. The number of carbonyl (C=O) groups is 1. The Kier molecular flexibility index (Phi) is 4.24. The number of rotatable bonds is 3. The average Bonchev–Trinajstić information content (AvgIpc) is 2.75. The van der Waals surface area contributed by atoms with Crippen LogP contribution in [-0.2, 0) is 0 Å². The van der Waals surface area contributed by atoms with Gasteiger partial charge in [0.2, 0.25) is 0 Å². The minimum atomic E-state index is -0.436. The number of benzene rings is 1. The first kappa shape index (κ1) is 13.4. The van der Waals surface area contributed by atoms with Crippen molar-refractivity contribution in [2.24, 2.45) is 5.92 Å². The van der Waals surface area contributed by atoms with Crippen LogP contribution in [0.5, 0.6) is 0 Å². The van der Waals surface area contributed by atoms with Gasteiger partial charge in [0.1, 0.15) is 5.82 Å². The van der Waals surface area contributed by atoms with Crippen LogP contribution < -0.4 is 5.32 Å². The van der Waals surface area contributed by atoms with Gasteiger partial charge in [0.15, 0.2) is 0 Å². The summed E-state index contributed by atoms with van der Waals surface area (Å²) in [5.41, 5.74) is 0.403. The van der Waals surface area contributed by atoms with Crippen molar-refractivity contribution >= 4 is 18.5 Å². The Balaban J connectivity index is 1.89. The van der Waals surface area contributed by atoms with Crippen LogP contribution >= 0.6 is 12.6 Å². The third-order valence-corrected chi connectivity index (χ3v) is 3.62. The molecular weight excluding hydrogens is 253 g/mol. The van der Waals surface area contributed by atoms with Crippen LogP contribution in [0.4, 0.5) is 4.39 Å². The maximum atomic E-state index is 13.0. The molecule has 2 rings (SSSR count). The molecule has 98 valence electrons. The van der Waals surface area contributed by atoms with E-state index >= 15 is 0 Å². The third kappa shape index (κ3) is 3.23. The predicted molar refractivity (Wildman–Crippen MR) is 69.3 cm³/mol. The maximum Gasteiger partial charge on any atom is 0.251 e. The van der Waals surface area contributed by atoms with Gasteiger partial charge in [-0.25, -0.2) is 4.39 Å². The van der Waals surface area contributed by atoms with Gasteiger partial charge in [0, 0.05) is 17.0 Å². The zero-order valence-electron chi connectivity index (χ0n) is 9.90. The summed E-state index contributed by atoms with van der Waals surface area (Å²) in [6, 6.07) is 4.09. The summed E-state index contributed by atoms with van der Waals surface area (Å²) in [5, 5.41) is 12.2. The van der Waals surface area contributed by atoms with Crippen molar-refractivity contribution < 1.29 is 14.3 Å². The highest BCUT2D eigenvalue weighted by molar-refractivity contribution is 7.80. The predicted octanol–water partition coefficient (Wildman–Crippen LogP) is 2.01. The summed E-state index contributed by atoms with van der Waals surface area (Å²) in [4.78, 5) is 12.0. The lowest BCUT2D eigenvalue weighted by Crippen LogP contribution is -2.28. The second-order valence-electron chi connectivity index (χ2n) is 4.71. The van der Waals surface area contributed by atoms with Crippen molar-refractivity contribution in [2.75, 3.05) is 6.54 Å². The minimum Gasteiger partial charge on any atom is -0.393 e. The highest BCUT2D eigenvalue weighted by atomic mass is 32.1. The molecule has 0 aliphatic heterocycles. The number of nitrogens with one attached hydrogen (secondary N) is 1. The normalized spacial score (nSPS) is 23.1. The van der Waals surface area contributed by atoms with E-state index in [2.05, 4.69) is 17.9 Å². The molecule has 0 bridgehead atoms. The molecule has 3 nitrogen and oxygen atoms in total. The van der Waals surface area contributed by atoms with Gasteiger partial charge in [-0.2, -0.15) is 0 Å². The molecule has 0 radical (unpaired) electrons. The molecule has 1 aliphatic carbocycles. The molecule has 0 saturated heterocycles. The largest absolute Gasteiger partial charge is 0.393 e. The molecule has 2 N–H and O–H groups in total. The Labute approximate surface area is 111 Å². The Hall–Kier alpha value is -1.07. The summed E-state index contributed by atoms with van der Waals surface area (Å²) < 4.78 is 13.0. The second-order valence-corrected chi connectivity index (χ2v) is 5.19. The van der Waals surface area contributed by atoms with Gasteiger partial charge < -0.3 is 10.4 Å². The highest BCUT2D eigenvalue weighted by Crippen LogP contribution is 2.24. The Morgan fingerprint density at radius 1 is 1.50 bits per heavy atom. The Morgan fingerprint density at radius 2 is 2.28 bits per heavy atom. The van der Waals surface area contributed by atoms with E-state index in [1.54, 1.807) is 0 Å². The van der Waals surface area contributed by atoms with E-state index in [1.807, 2.05) is 0 Å². The average molecular weight is 269 g/mol. The molecule has 1 aromatic carbocycles. The molecule has 1 amide bonds. The third-order valence-electron chi connectivity index (χ3n) is 3.27. The van der Waals surface area contributed by atoms with Gasteiger partial charge in [-0.3, -0.25) is 4.79 Å². The first-order chi connectivity index (χ1) is 8.56. The monoisotopic (exact) mass is 269 g/mol. The molecule has 1 fully saturated rings. The van der Waals surface area contributed by atoms with Crippen LogP contribution in [0.25, 0.3) is 0 Å².